The molecule has 1 amide bonds. The lowest BCUT2D eigenvalue weighted by molar-refractivity contribution is 0.0632. The molecular formula is C21H27ClN2O3S. The van der Waals surface area contributed by atoms with Crippen LogP contribution in [0.5, 0.6) is 11.5 Å². The van der Waals surface area contributed by atoms with Gasteiger partial charge in [-0.3, -0.25) is 9.69 Å². The minimum absolute atomic E-state index is 0. The van der Waals surface area contributed by atoms with E-state index in [1.54, 1.807) is 25.6 Å². The number of ether oxygens (including phenoxy) is 2. The molecule has 1 aromatic heterocycles. The smallest absolute Gasteiger partial charge is 0.264 e. The Bertz CT molecular complexity index is 810. The van der Waals surface area contributed by atoms with Gasteiger partial charge in [0.25, 0.3) is 5.91 Å². The fourth-order valence-electron chi connectivity index (χ4n) is 3.95. The Hall–Kier alpha value is -1.76. The Labute approximate surface area is 176 Å². The Balaban J connectivity index is 0.00000225. The van der Waals surface area contributed by atoms with E-state index in [1.165, 1.54) is 16.9 Å². The van der Waals surface area contributed by atoms with E-state index in [4.69, 9.17) is 9.47 Å². The molecule has 1 fully saturated rings. The molecule has 0 radical (unpaired) electrons. The minimum Gasteiger partial charge on any atom is -0.497 e. The summed E-state index contributed by atoms with van der Waals surface area (Å²) >= 11 is 1.70. The number of thiophene rings is 1. The maximum Gasteiger partial charge on any atom is 0.264 e. The molecule has 152 valence electrons. The average Bonchev–Trinajstić information content (AvgIpc) is 3.30. The molecular weight excluding hydrogens is 396 g/mol. The first-order valence-electron chi connectivity index (χ1n) is 9.52. The molecule has 0 atom stereocenters. The Morgan fingerprint density at radius 3 is 2.54 bits per heavy atom. The van der Waals surface area contributed by atoms with Crippen LogP contribution < -0.4 is 9.47 Å². The highest BCUT2D eigenvalue weighted by molar-refractivity contribution is 7.14. The minimum atomic E-state index is 0. The number of amides is 1. The number of aryl methyl sites for hydroxylation is 2. The molecule has 0 spiro atoms. The van der Waals surface area contributed by atoms with Gasteiger partial charge in [0.05, 0.1) is 19.1 Å². The predicted molar refractivity (Wildman–Crippen MR) is 114 cm³/mol. The quantitative estimate of drug-likeness (QED) is 0.737. The molecule has 4 rings (SSSR count). The van der Waals surface area contributed by atoms with Gasteiger partial charge in [0.2, 0.25) is 0 Å². The zero-order chi connectivity index (χ0) is 18.8. The molecule has 7 heteroatoms. The van der Waals surface area contributed by atoms with Crippen molar-refractivity contribution in [3.8, 4) is 11.5 Å². The number of hydrogen-bond donors (Lipinski definition) is 0. The van der Waals surface area contributed by atoms with Crippen LogP contribution in [0.25, 0.3) is 0 Å². The SMILES string of the molecule is COc1ccc(OC)c(CN2CCN(C(=O)c3cc4c(s3)CCC4)CC2)c1.Cl. The van der Waals surface area contributed by atoms with Gasteiger partial charge in [0, 0.05) is 43.2 Å². The first-order chi connectivity index (χ1) is 13.2. The number of carbonyl (C=O) groups excluding carboxylic acids is 1. The van der Waals surface area contributed by atoms with Gasteiger partial charge in [0.1, 0.15) is 11.5 Å². The Morgan fingerprint density at radius 1 is 1.07 bits per heavy atom. The van der Waals surface area contributed by atoms with Crippen molar-refractivity contribution in [2.45, 2.75) is 25.8 Å². The lowest BCUT2D eigenvalue weighted by Gasteiger charge is -2.34. The second-order valence-corrected chi connectivity index (χ2v) is 8.30. The van der Waals surface area contributed by atoms with Crippen molar-refractivity contribution in [2.75, 3.05) is 40.4 Å². The summed E-state index contributed by atoms with van der Waals surface area (Å²) in [7, 11) is 3.37. The largest absolute Gasteiger partial charge is 0.497 e. The number of hydrogen-bond acceptors (Lipinski definition) is 5. The van der Waals surface area contributed by atoms with Gasteiger partial charge < -0.3 is 14.4 Å². The zero-order valence-corrected chi connectivity index (χ0v) is 18.0. The van der Waals surface area contributed by atoms with Crippen LogP contribution in [-0.2, 0) is 19.4 Å². The van der Waals surface area contributed by atoms with Crippen LogP contribution in [0.15, 0.2) is 24.3 Å². The van der Waals surface area contributed by atoms with Crippen molar-refractivity contribution in [2.24, 2.45) is 0 Å². The van der Waals surface area contributed by atoms with Crippen LogP contribution in [0, 0.1) is 0 Å². The van der Waals surface area contributed by atoms with Gasteiger partial charge in [-0.25, -0.2) is 0 Å². The van der Waals surface area contributed by atoms with Crippen molar-refractivity contribution in [1.29, 1.82) is 0 Å². The number of benzene rings is 1. The molecule has 0 N–H and O–H groups in total. The number of rotatable bonds is 5. The number of piperazine rings is 1. The summed E-state index contributed by atoms with van der Waals surface area (Å²) in [6, 6.07) is 8.02. The fraction of sp³-hybridized carbons (Fsp3) is 0.476. The van der Waals surface area contributed by atoms with Crippen molar-refractivity contribution < 1.29 is 14.3 Å². The molecule has 1 aromatic carbocycles. The van der Waals surface area contributed by atoms with Gasteiger partial charge in [-0.1, -0.05) is 0 Å². The summed E-state index contributed by atoms with van der Waals surface area (Å²) in [5, 5.41) is 0. The molecule has 2 aromatic rings. The second-order valence-electron chi connectivity index (χ2n) is 7.16. The van der Waals surface area contributed by atoms with Crippen molar-refractivity contribution in [3.05, 3.63) is 45.1 Å². The van der Waals surface area contributed by atoms with E-state index >= 15 is 0 Å². The van der Waals surface area contributed by atoms with Crippen LogP contribution in [0.3, 0.4) is 0 Å². The molecule has 0 unspecified atom stereocenters. The molecule has 5 nitrogen and oxygen atoms in total. The second kappa shape index (κ2) is 9.16. The third kappa shape index (κ3) is 4.29. The Morgan fingerprint density at radius 2 is 1.86 bits per heavy atom. The lowest BCUT2D eigenvalue weighted by Crippen LogP contribution is -2.48. The van der Waals surface area contributed by atoms with Crippen molar-refractivity contribution in [3.63, 3.8) is 0 Å². The topological polar surface area (TPSA) is 42.0 Å². The maximum atomic E-state index is 12.8. The summed E-state index contributed by atoms with van der Waals surface area (Å²) < 4.78 is 10.8. The van der Waals surface area contributed by atoms with E-state index in [-0.39, 0.29) is 18.3 Å². The summed E-state index contributed by atoms with van der Waals surface area (Å²) in [6.07, 6.45) is 3.51. The van der Waals surface area contributed by atoms with Crippen LogP contribution >= 0.6 is 23.7 Å². The van der Waals surface area contributed by atoms with Crippen LogP contribution in [0.4, 0.5) is 0 Å². The molecule has 1 aliphatic heterocycles. The van der Waals surface area contributed by atoms with Gasteiger partial charge in [-0.2, -0.15) is 0 Å². The molecule has 1 aliphatic carbocycles. The lowest BCUT2D eigenvalue weighted by atomic mass is 10.1. The van der Waals surface area contributed by atoms with Gasteiger partial charge in [-0.15, -0.1) is 23.7 Å². The van der Waals surface area contributed by atoms with E-state index in [0.29, 0.717) is 0 Å². The first kappa shape index (κ1) is 21.0. The number of fused-ring (bicyclic) bond motifs is 1. The number of nitrogens with zero attached hydrogens (tertiary/aromatic N) is 2. The highest BCUT2D eigenvalue weighted by Crippen LogP contribution is 2.31. The van der Waals surface area contributed by atoms with Gasteiger partial charge in [0.15, 0.2) is 0 Å². The summed E-state index contributed by atoms with van der Waals surface area (Å²) in [5.74, 6) is 1.92. The van der Waals surface area contributed by atoms with Crippen molar-refractivity contribution >= 4 is 29.7 Å². The predicted octanol–water partition coefficient (Wildman–Crippen LogP) is 3.63. The van der Waals surface area contributed by atoms with E-state index in [1.807, 2.05) is 23.1 Å². The normalized spacial score (nSPS) is 16.4. The molecule has 28 heavy (non-hydrogen) atoms. The Kier molecular flexibility index (Phi) is 6.86. The summed E-state index contributed by atoms with van der Waals surface area (Å²) in [4.78, 5) is 19.5. The van der Waals surface area contributed by atoms with E-state index in [9.17, 15) is 4.79 Å². The number of methoxy groups -OCH3 is 2. The standard InChI is InChI=1S/C21H26N2O3S.ClH/c1-25-17-6-7-18(26-2)16(12-17)14-22-8-10-23(11-9-22)21(24)20-13-15-4-3-5-19(15)27-20;/h6-7,12-13H,3-5,8-11,14H2,1-2H3;1H. The molecule has 2 heterocycles. The third-order valence-electron chi connectivity index (χ3n) is 5.50. The molecule has 2 aliphatic rings. The van der Waals surface area contributed by atoms with E-state index in [2.05, 4.69) is 11.0 Å². The monoisotopic (exact) mass is 422 g/mol. The summed E-state index contributed by atoms with van der Waals surface area (Å²) in [5.41, 5.74) is 2.51. The number of carbonyl (C=O) groups is 1. The fourth-order valence-corrected chi connectivity index (χ4v) is 5.17. The summed E-state index contributed by atoms with van der Waals surface area (Å²) in [6.45, 7) is 4.09. The molecule has 0 saturated carbocycles. The average molecular weight is 423 g/mol. The molecule has 1 saturated heterocycles. The zero-order valence-electron chi connectivity index (χ0n) is 16.4. The van der Waals surface area contributed by atoms with Gasteiger partial charge >= 0.3 is 0 Å². The molecule has 0 bridgehead atoms. The third-order valence-corrected chi connectivity index (χ3v) is 6.72. The van der Waals surface area contributed by atoms with Gasteiger partial charge in [-0.05, 0) is 49.1 Å². The van der Waals surface area contributed by atoms with Crippen LogP contribution in [0.2, 0.25) is 0 Å². The van der Waals surface area contributed by atoms with Crippen LogP contribution in [0.1, 0.15) is 32.1 Å². The van der Waals surface area contributed by atoms with E-state index in [0.717, 1.165) is 67.5 Å². The van der Waals surface area contributed by atoms with Crippen molar-refractivity contribution in [1.82, 2.24) is 9.80 Å². The van der Waals surface area contributed by atoms with E-state index < -0.39 is 0 Å². The first-order valence-corrected chi connectivity index (χ1v) is 10.3. The number of halogens is 1. The highest BCUT2D eigenvalue weighted by Gasteiger charge is 2.26. The van der Waals surface area contributed by atoms with Crippen LogP contribution in [-0.4, -0.2) is 56.1 Å². The maximum absolute atomic E-state index is 12.8. The highest BCUT2D eigenvalue weighted by atomic mass is 35.5.